The van der Waals surface area contributed by atoms with Gasteiger partial charge in [-0.1, -0.05) is 13.8 Å². The van der Waals surface area contributed by atoms with Gasteiger partial charge in [0.05, 0.1) is 21.4 Å². The highest BCUT2D eigenvalue weighted by atomic mass is 32.2. The van der Waals surface area contributed by atoms with E-state index in [1.165, 1.54) is 0 Å². The van der Waals surface area contributed by atoms with E-state index >= 15 is 0 Å². The Labute approximate surface area is 182 Å². The third-order valence-electron chi connectivity index (χ3n) is 5.88. The third kappa shape index (κ3) is 4.53. The second-order valence-corrected chi connectivity index (χ2v) is 12.1. The van der Waals surface area contributed by atoms with Crippen molar-refractivity contribution < 1.29 is 8.63 Å². The van der Waals surface area contributed by atoms with Crippen LogP contribution in [-0.2, 0) is 11.0 Å². The van der Waals surface area contributed by atoms with Crippen LogP contribution in [0.15, 0.2) is 25.7 Å². The molecule has 1 fully saturated rings. The summed E-state index contributed by atoms with van der Waals surface area (Å²) in [6, 6.07) is 3.83. The van der Waals surface area contributed by atoms with Crippen molar-refractivity contribution in [3.8, 4) is 0 Å². The molecular formula is C24H34N2O3S. The molecule has 6 heteroatoms. The summed E-state index contributed by atoms with van der Waals surface area (Å²) in [6.07, 6.45) is 2.11. The smallest absolute Gasteiger partial charge is 0.202 e. The number of piperidine rings is 1. The van der Waals surface area contributed by atoms with Crippen molar-refractivity contribution >= 4 is 33.6 Å². The maximum atomic E-state index is 13.2. The molecule has 2 heterocycles. The molecule has 0 amide bonds. The van der Waals surface area contributed by atoms with Crippen molar-refractivity contribution in [3.63, 3.8) is 0 Å². The van der Waals surface area contributed by atoms with Gasteiger partial charge in [0.15, 0.2) is 5.43 Å². The van der Waals surface area contributed by atoms with Crippen LogP contribution in [0.4, 0.5) is 5.88 Å². The molecule has 5 nitrogen and oxygen atoms in total. The molecule has 0 aliphatic carbocycles. The van der Waals surface area contributed by atoms with Crippen molar-refractivity contribution in [2.24, 2.45) is 9.81 Å². The van der Waals surface area contributed by atoms with Gasteiger partial charge in [0, 0.05) is 18.7 Å². The van der Waals surface area contributed by atoms with E-state index in [0.29, 0.717) is 33.5 Å². The van der Waals surface area contributed by atoms with Gasteiger partial charge in [0.1, 0.15) is 16.6 Å². The fourth-order valence-electron chi connectivity index (χ4n) is 3.72. The number of anilines is 1. The van der Waals surface area contributed by atoms with Gasteiger partial charge < -0.3 is 9.32 Å². The van der Waals surface area contributed by atoms with E-state index in [-0.39, 0.29) is 5.43 Å². The lowest BCUT2D eigenvalue weighted by atomic mass is 9.82. The number of aryl methyl sites for hydroxylation is 1. The van der Waals surface area contributed by atoms with E-state index < -0.39 is 15.7 Å². The van der Waals surface area contributed by atoms with Crippen molar-refractivity contribution in [2.75, 3.05) is 18.0 Å². The lowest BCUT2D eigenvalue weighted by Gasteiger charge is -2.37. The van der Waals surface area contributed by atoms with E-state index in [1.807, 2.05) is 53.7 Å². The summed E-state index contributed by atoms with van der Waals surface area (Å²) in [5.74, 6) is 0.651. The van der Waals surface area contributed by atoms with Crippen LogP contribution >= 0.6 is 0 Å². The maximum Gasteiger partial charge on any atom is 0.202 e. The van der Waals surface area contributed by atoms with Crippen LogP contribution in [0.2, 0.25) is 0 Å². The van der Waals surface area contributed by atoms with Crippen molar-refractivity contribution in [1.82, 2.24) is 0 Å². The molecule has 0 spiro atoms. The highest BCUT2D eigenvalue weighted by Gasteiger charge is 2.28. The zero-order valence-electron chi connectivity index (χ0n) is 19.5. The van der Waals surface area contributed by atoms with E-state index in [0.717, 1.165) is 37.1 Å². The Morgan fingerprint density at radius 3 is 2.33 bits per heavy atom. The van der Waals surface area contributed by atoms with Gasteiger partial charge in [0.2, 0.25) is 5.88 Å². The first-order chi connectivity index (χ1) is 13.8. The molecule has 164 valence electrons. The minimum Gasteiger partial charge on any atom is -0.439 e. The predicted molar refractivity (Wildman–Crippen MR) is 127 cm³/mol. The second-order valence-electron chi connectivity index (χ2n) is 10.2. The van der Waals surface area contributed by atoms with Gasteiger partial charge in [0.25, 0.3) is 0 Å². The molecule has 2 aromatic rings. The van der Waals surface area contributed by atoms with Crippen molar-refractivity contribution in [1.29, 1.82) is 0 Å². The summed E-state index contributed by atoms with van der Waals surface area (Å²) >= 11 is 0. The molecule has 1 aliphatic rings. The number of fused-ring (bicyclic) bond motifs is 1. The lowest BCUT2D eigenvalue weighted by molar-refractivity contribution is 0.274. The van der Waals surface area contributed by atoms with Crippen LogP contribution in [0.3, 0.4) is 0 Å². The van der Waals surface area contributed by atoms with Gasteiger partial charge in [-0.3, -0.25) is 4.79 Å². The standard InChI is InChI=1S/C24H34N2O3S/c1-15-13-18(17(3)25-30(28)23(4,5)6)21-19(14-15)20(27)16(2)22(29-21)26-11-9-24(7,8)10-12-26/h13-14H,9-12H2,1-8H3. The fraction of sp³-hybridized carbons (Fsp3) is 0.583. The molecule has 1 aromatic heterocycles. The quantitative estimate of drug-likeness (QED) is 0.619. The average molecular weight is 431 g/mol. The van der Waals surface area contributed by atoms with Gasteiger partial charge >= 0.3 is 0 Å². The van der Waals surface area contributed by atoms with E-state index in [4.69, 9.17) is 4.42 Å². The summed E-state index contributed by atoms with van der Waals surface area (Å²) in [5, 5.41) is 0.555. The summed E-state index contributed by atoms with van der Waals surface area (Å²) < 4.78 is 23.0. The largest absolute Gasteiger partial charge is 0.439 e. The van der Waals surface area contributed by atoms with Gasteiger partial charge in [-0.05, 0) is 77.5 Å². The number of benzene rings is 1. The van der Waals surface area contributed by atoms with Crippen LogP contribution < -0.4 is 10.3 Å². The van der Waals surface area contributed by atoms with Crippen LogP contribution in [0.25, 0.3) is 11.0 Å². The van der Waals surface area contributed by atoms with Crippen LogP contribution in [0.5, 0.6) is 0 Å². The molecule has 1 aliphatic heterocycles. The Morgan fingerprint density at radius 2 is 1.77 bits per heavy atom. The monoisotopic (exact) mass is 430 g/mol. The van der Waals surface area contributed by atoms with E-state index in [9.17, 15) is 9.00 Å². The number of hydrogen-bond acceptors (Lipinski definition) is 4. The zero-order chi connectivity index (χ0) is 22.4. The molecule has 3 rings (SSSR count). The first-order valence-corrected chi connectivity index (χ1v) is 11.7. The molecule has 1 aromatic carbocycles. The van der Waals surface area contributed by atoms with E-state index in [1.54, 1.807) is 0 Å². The molecule has 1 atom stereocenters. The third-order valence-corrected chi connectivity index (χ3v) is 7.36. The number of rotatable bonds is 3. The second kappa shape index (κ2) is 7.95. The average Bonchev–Trinajstić information content (AvgIpc) is 2.64. The first kappa shape index (κ1) is 22.7. The Balaban J connectivity index is 2.18. The number of hydrogen-bond donors (Lipinski definition) is 0. The Morgan fingerprint density at radius 1 is 1.17 bits per heavy atom. The van der Waals surface area contributed by atoms with Crippen LogP contribution in [0.1, 0.15) is 71.1 Å². The molecule has 0 N–H and O–H groups in total. The topological polar surface area (TPSA) is 62.9 Å². The Hall–Kier alpha value is -1.95. The molecular weight excluding hydrogens is 396 g/mol. The SMILES string of the molecule is CC(=NS(=O)C(C)(C)C)c1cc(C)cc2c(=O)c(C)c(N3CCC(C)(C)CC3)oc12. The highest BCUT2D eigenvalue weighted by Crippen LogP contribution is 2.34. The fourth-order valence-corrected chi connectivity index (χ4v) is 4.34. The highest BCUT2D eigenvalue weighted by molar-refractivity contribution is 7.85. The molecule has 1 saturated heterocycles. The Bertz CT molecular complexity index is 1080. The molecule has 0 saturated carbocycles. The van der Waals surface area contributed by atoms with Crippen molar-refractivity contribution in [3.05, 3.63) is 39.0 Å². The Kier molecular flexibility index (Phi) is 6.02. The first-order valence-electron chi connectivity index (χ1n) is 10.6. The summed E-state index contributed by atoms with van der Waals surface area (Å²) in [4.78, 5) is 15.4. The molecule has 0 bridgehead atoms. The summed E-state index contributed by atoms with van der Waals surface area (Å²) in [5.41, 5.74) is 3.78. The summed E-state index contributed by atoms with van der Waals surface area (Å²) in [7, 11) is -1.39. The molecule has 30 heavy (non-hydrogen) atoms. The minimum atomic E-state index is -1.39. The zero-order valence-corrected chi connectivity index (χ0v) is 20.3. The lowest BCUT2D eigenvalue weighted by Crippen LogP contribution is -2.38. The maximum absolute atomic E-state index is 13.2. The van der Waals surface area contributed by atoms with Crippen LogP contribution in [-0.4, -0.2) is 27.8 Å². The number of nitrogens with zero attached hydrogens (tertiary/aromatic N) is 2. The molecule has 1 unspecified atom stereocenters. The van der Waals surface area contributed by atoms with Crippen molar-refractivity contribution in [2.45, 2.75) is 73.0 Å². The van der Waals surface area contributed by atoms with Gasteiger partial charge in [-0.2, -0.15) is 4.40 Å². The molecule has 0 radical (unpaired) electrons. The summed E-state index contributed by atoms with van der Waals surface area (Å²) in [6.45, 7) is 17.6. The predicted octanol–water partition coefficient (Wildman–Crippen LogP) is 5.31. The van der Waals surface area contributed by atoms with E-state index in [2.05, 4.69) is 23.1 Å². The van der Waals surface area contributed by atoms with Crippen LogP contribution in [0, 0.1) is 19.3 Å². The van der Waals surface area contributed by atoms with Gasteiger partial charge in [-0.25, -0.2) is 4.21 Å². The normalized spacial score (nSPS) is 18.7. The van der Waals surface area contributed by atoms with Gasteiger partial charge in [-0.15, -0.1) is 0 Å². The minimum absolute atomic E-state index is 0.00854.